The average Bonchev–Trinajstić information content (AvgIpc) is 2.76. The highest BCUT2D eigenvalue weighted by atomic mass is 16.2. The predicted molar refractivity (Wildman–Crippen MR) is 125 cm³/mol. The molecule has 0 radical (unpaired) electrons. The summed E-state index contributed by atoms with van der Waals surface area (Å²) in [4.78, 5) is 29.2. The second kappa shape index (κ2) is 11.1. The minimum atomic E-state index is -0.369. The highest BCUT2D eigenvalue weighted by Crippen LogP contribution is 2.14. The summed E-state index contributed by atoms with van der Waals surface area (Å²) in [7, 11) is 1.81. The summed E-state index contributed by atoms with van der Waals surface area (Å²) in [5.41, 5.74) is 3.24. The maximum Gasteiger partial charge on any atom is 0.238 e. The molecule has 1 saturated heterocycles. The van der Waals surface area contributed by atoms with Crippen molar-refractivity contribution in [3.8, 4) is 0 Å². The van der Waals surface area contributed by atoms with Crippen molar-refractivity contribution in [3.05, 3.63) is 65.7 Å². The van der Waals surface area contributed by atoms with Gasteiger partial charge >= 0.3 is 0 Å². The van der Waals surface area contributed by atoms with Gasteiger partial charge < -0.3 is 10.6 Å². The normalized spacial score (nSPS) is 16.1. The molecule has 31 heavy (non-hydrogen) atoms. The minimum absolute atomic E-state index is 0.0212. The maximum absolute atomic E-state index is 12.7. The van der Waals surface area contributed by atoms with Crippen LogP contribution in [0.1, 0.15) is 30.9 Å². The van der Waals surface area contributed by atoms with Gasteiger partial charge in [-0.15, -0.1) is 0 Å². The molecule has 1 unspecified atom stereocenters. The first kappa shape index (κ1) is 23.0. The van der Waals surface area contributed by atoms with Crippen LogP contribution in [0.5, 0.6) is 0 Å². The highest BCUT2D eigenvalue weighted by molar-refractivity contribution is 5.92. The van der Waals surface area contributed by atoms with Crippen molar-refractivity contribution in [3.63, 3.8) is 0 Å². The van der Waals surface area contributed by atoms with E-state index in [0.29, 0.717) is 0 Å². The van der Waals surface area contributed by atoms with Crippen molar-refractivity contribution in [2.45, 2.75) is 45.3 Å². The fraction of sp³-hybridized carbons (Fsp3) is 0.440. The monoisotopic (exact) mass is 422 g/mol. The molecular weight excluding hydrogens is 388 g/mol. The summed E-state index contributed by atoms with van der Waals surface area (Å²) in [5.74, 6) is -0.146. The molecule has 0 bridgehead atoms. The molecule has 1 aliphatic heterocycles. The van der Waals surface area contributed by atoms with E-state index in [4.69, 9.17) is 0 Å². The molecule has 6 nitrogen and oxygen atoms in total. The molecule has 0 aliphatic carbocycles. The minimum Gasteiger partial charge on any atom is -0.352 e. The molecule has 6 heteroatoms. The molecule has 2 aromatic carbocycles. The van der Waals surface area contributed by atoms with Gasteiger partial charge in [0.05, 0.1) is 12.6 Å². The zero-order chi connectivity index (χ0) is 22.2. The number of likely N-dealkylation sites (N-methyl/N-ethyl adjacent to an activating group) is 1. The van der Waals surface area contributed by atoms with E-state index in [2.05, 4.69) is 39.8 Å². The molecule has 0 spiro atoms. The summed E-state index contributed by atoms with van der Waals surface area (Å²) in [5, 5.41) is 6.06. The molecule has 3 rings (SSSR count). The van der Waals surface area contributed by atoms with E-state index in [1.807, 2.05) is 44.2 Å². The van der Waals surface area contributed by atoms with Crippen LogP contribution < -0.4 is 10.6 Å². The first-order chi connectivity index (χ1) is 14.9. The fourth-order valence-electron chi connectivity index (χ4n) is 3.80. The van der Waals surface area contributed by atoms with E-state index in [1.165, 1.54) is 5.56 Å². The highest BCUT2D eigenvalue weighted by Gasteiger charge is 2.25. The Kier molecular flexibility index (Phi) is 8.20. The molecule has 1 atom stereocenters. The standard InChI is InChI=1S/C25H34N4O2/c1-19-9-11-22(12-10-19)26-24(30)18-28(3)20(2)25(31)27-23-13-15-29(16-14-23)17-21-7-5-4-6-8-21/h4-12,20,23H,13-18H2,1-3H3,(H,26,30)(H,27,31). The number of rotatable bonds is 8. The number of hydrogen-bond donors (Lipinski definition) is 2. The molecule has 0 saturated carbocycles. The molecule has 1 aliphatic rings. The van der Waals surface area contributed by atoms with Crippen LogP contribution in [-0.4, -0.2) is 60.4 Å². The van der Waals surface area contributed by atoms with Crippen LogP contribution in [0.2, 0.25) is 0 Å². The van der Waals surface area contributed by atoms with Crippen LogP contribution in [-0.2, 0) is 16.1 Å². The van der Waals surface area contributed by atoms with Crippen molar-refractivity contribution < 1.29 is 9.59 Å². The second-order valence-electron chi connectivity index (χ2n) is 8.55. The van der Waals surface area contributed by atoms with Crippen molar-refractivity contribution in [2.24, 2.45) is 0 Å². The van der Waals surface area contributed by atoms with Crippen molar-refractivity contribution in [1.29, 1.82) is 0 Å². The number of carbonyl (C=O) groups excluding carboxylic acids is 2. The third kappa shape index (κ3) is 7.19. The van der Waals surface area contributed by atoms with E-state index in [9.17, 15) is 9.59 Å². The molecule has 2 aromatic rings. The van der Waals surface area contributed by atoms with Crippen molar-refractivity contribution >= 4 is 17.5 Å². The Hall–Kier alpha value is -2.70. The first-order valence-electron chi connectivity index (χ1n) is 11.0. The number of likely N-dealkylation sites (tertiary alicyclic amines) is 1. The third-order valence-electron chi connectivity index (χ3n) is 5.95. The Bertz CT molecular complexity index is 846. The van der Waals surface area contributed by atoms with E-state index in [-0.39, 0.29) is 30.4 Å². The number of anilines is 1. The molecule has 166 valence electrons. The van der Waals surface area contributed by atoms with Crippen molar-refractivity contribution in [2.75, 3.05) is 32.0 Å². The largest absolute Gasteiger partial charge is 0.352 e. The summed E-state index contributed by atoms with van der Waals surface area (Å²) in [6.07, 6.45) is 1.89. The molecule has 1 fully saturated rings. The maximum atomic E-state index is 12.7. The number of nitrogens with one attached hydrogen (secondary N) is 2. The smallest absolute Gasteiger partial charge is 0.238 e. The van der Waals surface area contributed by atoms with E-state index >= 15 is 0 Å². The Labute approximate surface area is 185 Å². The molecular formula is C25H34N4O2. The topological polar surface area (TPSA) is 64.7 Å². The van der Waals surface area contributed by atoms with Gasteiger partial charge in [-0.3, -0.25) is 19.4 Å². The van der Waals surface area contributed by atoms with Gasteiger partial charge in [-0.05, 0) is 51.4 Å². The van der Waals surface area contributed by atoms with Crippen LogP contribution in [0, 0.1) is 6.92 Å². The predicted octanol–water partition coefficient (Wildman–Crippen LogP) is 3.03. The van der Waals surface area contributed by atoms with E-state index < -0.39 is 0 Å². The van der Waals surface area contributed by atoms with E-state index in [0.717, 1.165) is 43.7 Å². The summed E-state index contributed by atoms with van der Waals surface area (Å²) < 4.78 is 0. The van der Waals surface area contributed by atoms with Crippen LogP contribution in [0.15, 0.2) is 54.6 Å². The number of amides is 2. The van der Waals surface area contributed by atoms with Gasteiger partial charge in [0.15, 0.2) is 0 Å². The van der Waals surface area contributed by atoms with Gasteiger partial charge in [-0.1, -0.05) is 48.0 Å². The van der Waals surface area contributed by atoms with Crippen LogP contribution in [0.3, 0.4) is 0 Å². The number of piperidine rings is 1. The summed E-state index contributed by atoms with van der Waals surface area (Å²) in [6, 6.07) is 18.0. The van der Waals surface area contributed by atoms with Crippen LogP contribution in [0.25, 0.3) is 0 Å². The van der Waals surface area contributed by atoms with Crippen LogP contribution >= 0.6 is 0 Å². The molecule has 2 amide bonds. The fourth-order valence-corrected chi connectivity index (χ4v) is 3.80. The second-order valence-corrected chi connectivity index (χ2v) is 8.55. The Morgan fingerprint density at radius 1 is 1.06 bits per heavy atom. The molecule has 2 N–H and O–H groups in total. The SMILES string of the molecule is Cc1ccc(NC(=O)CN(C)C(C)C(=O)NC2CCN(Cc3ccccc3)CC2)cc1. The quantitative estimate of drug-likeness (QED) is 0.686. The van der Waals surface area contributed by atoms with Gasteiger partial charge in [-0.25, -0.2) is 0 Å². The lowest BCUT2D eigenvalue weighted by molar-refractivity contribution is -0.127. The third-order valence-corrected chi connectivity index (χ3v) is 5.95. The molecule has 1 heterocycles. The van der Waals surface area contributed by atoms with Gasteiger partial charge in [0.2, 0.25) is 11.8 Å². The summed E-state index contributed by atoms with van der Waals surface area (Å²) in [6.45, 7) is 6.92. The van der Waals surface area contributed by atoms with Crippen LogP contribution in [0.4, 0.5) is 5.69 Å². The van der Waals surface area contributed by atoms with Gasteiger partial charge in [0.25, 0.3) is 0 Å². The molecule has 0 aromatic heterocycles. The van der Waals surface area contributed by atoms with Crippen molar-refractivity contribution in [1.82, 2.24) is 15.1 Å². The number of nitrogens with zero attached hydrogens (tertiary/aromatic N) is 2. The zero-order valence-corrected chi connectivity index (χ0v) is 18.8. The summed E-state index contributed by atoms with van der Waals surface area (Å²) >= 11 is 0. The number of benzene rings is 2. The zero-order valence-electron chi connectivity index (χ0n) is 18.8. The number of aryl methyl sites for hydroxylation is 1. The first-order valence-corrected chi connectivity index (χ1v) is 11.0. The number of hydrogen-bond acceptors (Lipinski definition) is 4. The Balaban J connectivity index is 1.39. The lowest BCUT2D eigenvalue weighted by Crippen LogP contribution is -2.51. The van der Waals surface area contributed by atoms with Gasteiger partial charge in [0, 0.05) is 31.4 Å². The lowest BCUT2D eigenvalue weighted by atomic mass is 10.0. The lowest BCUT2D eigenvalue weighted by Gasteiger charge is -2.33. The number of carbonyl (C=O) groups is 2. The Morgan fingerprint density at radius 3 is 2.35 bits per heavy atom. The van der Waals surface area contributed by atoms with E-state index in [1.54, 1.807) is 11.9 Å². The van der Waals surface area contributed by atoms with Gasteiger partial charge in [-0.2, -0.15) is 0 Å². The average molecular weight is 423 g/mol. The van der Waals surface area contributed by atoms with Gasteiger partial charge in [0.1, 0.15) is 0 Å². The Morgan fingerprint density at radius 2 is 1.71 bits per heavy atom.